The van der Waals surface area contributed by atoms with Crippen molar-refractivity contribution in [3.05, 3.63) is 66.1 Å². The lowest BCUT2D eigenvalue weighted by Crippen LogP contribution is -2.27. The smallest absolute Gasteiger partial charge is 0.130 e. The van der Waals surface area contributed by atoms with Crippen LogP contribution in [0.4, 0.5) is 5.82 Å². The van der Waals surface area contributed by atoms with E-state index in [1.165, 1.54) is 0 Å². The normalized spacial score (nSPS) is 19.4. The van der Waals surface area contributed by atoms with Crippen LogP contribution in [0.15, 0.2) is 49.1 Å². The van der Waals surface area contributed by atoms with Crippen molar-refractivity contribution >= 4 is 5.82 Å². The van der Waals surface area contributed by atoms with E-state index in [2.05, 4.69) is 32.4 Å². The molecule has 1 aromatic carbocycles. The van der Waals surface area contributed by atoms with Gasteiger partial charge in [-0.2, -0.15) is 0 Å². The predicted octanol–water partition coefficient (Wildman–Crippen LogP) is 2.82. The number of aromatic nitrogens is 4. The maximum absolute atomic E-state index is 9.52. The molecule has 3 aromatic rings. The number of nitrogens with one attached hydrogen (secondary N) is 1. The fraction of sp³-hybridized carbons (Fsp3) is 0.316. The van der Waals surface area contributed by atoms with Crippen LogP contribution >= 0.6 is 0 Å². The van der Waals surface area contributed by atoms with Crippen LogP contribution in [-0.2, 0) is 6.54 Å². The Morgan fingerprint density at radius 2 is 2.08 bits per heavy atom. The van der Waals surface area contributed by atoms with E-state index < -0.39 is 0 Å². The number of aliphatic hydroxyl groups excluding tert-OH is 1. The molecule has 1 aliphatic rings. The molecule has 128 valence electrons. The lowest BCUT2D eigenvalue weighted by atomic mass is 9.80. The highest BCUT2D eigenvalue weighted by atomic mass is 16.3. The molecule has 6 nitrogen and oxygen atoms in total. The molecule has 0 radical (unpaired) electrons. The molecular weight excluding hydrogens is 314 g/mol. The van der Waals surface area contributed by atoms with E-state index in [0.29, 0.717) is 12.5 Å². The molecule has 0 atom stereocenters. The monoisotopic (exact) mass is 335 g/mol. The summed E-state index contributed by atoms with van der Waals surface area (Å²) in [6, 6.07) is 10.2. The lowest BCUT2D eigenvalue weighted by Gasteiger charge is -2.31. The molecule has 1 fully saturated rings. The number of aryl methyl sites for hydroxylation is 1. The van der Waals surface area contributed by atoms with E-state index in [4.69, 9.17) is 0 Å². The second kappa shape index (κ2) is 6.64. The average Bonchev–Trinajstić information content (AvgIpc) is 3.11. The van der Waals surface area contributed by atoms with E-state index >= 15 is 0 Å². The van der Waals surface area contributed by atoms with Gasteiger partial charge in [0.1, 0.15) is 11.6 Å². The molecule has 2 aromatic heterocycles. The molecule has 0 aliphatic heterocycles. The van der Waals surface area contributed by atoms with Gasteiger partial charge in [-0.15, -0.1) is 0 Å². The van der Waals surface area contributed by atoms with E-state index in [9.17, 15) is 5.11 Å². The number of imidazole rings is 1. The summed E-state index contributed by atoms with van der Waals surface area (Å²) in [6.07, 6.45) is 6.91. The van der Waals surface area contributed by atoms with E-state index in [1.54, 1.807) is 12.5 Å². The number of nitrogens with zero attached hydrogens (tertiary/aromatic N) is 4. The summed E-state index contributed by atoms with van der Waals surface area (Å²) in [5, 5.41) is 12.9. The van der Waals surface area contributed by atoms with Gasteiger partial charge in [0.25, 0.3) is 0 Å². The highest BCUT2D eigenvalue weighted by molar-refractivity contribution is 5.45. The summed E-state index contributed by atoms with van der Waals surface area (Å²) in [7, 11) is 0. The predicted molar refractivity (Wildman–Crippen MR) is 95.6 cm³/mol. The Labute approximate surface area is 146 Å². The fourth-order valence-corrected chi connectivity index (χ4v) is 3.22. The second-order valence-electron chi connectivity index (χ2n) is 6.50. The second-order valence-corrected chi connectivity index (χ2v) is 6.50. The first kappa shape index (κ1) is 15.8. The summed E-state index contributed by atoms with van der Waals surface area (Å²) < 4.78 is 2.00. The van der Waals surface area contributed by atoms with Crippen LogP contribution in [0.5, 0.6) is 0 Å². The van der Waals surface area contributed by atoms with Crippen LogP contribution in [0.3, 0.4) is 0 Å². The molecule has 0 amide bonds. The number of hydrogen-bond donors (Lipinski definition) is 2. The number of rotatable bonds is 5. The van der Waals surface area contributed by atoms with Crippen molar-refractivity contribution in [2.75, 3.05) is 5.32 Å². The van der Waals surface area contributed by atoms with Gasteiger partial charge in [-0.1, -0.05) is 18.2 Å². The SMILES string of the molecule is Cc1nc(NCc2ccccc2-n2ccnc2)cc(C2CC(O)C2)n1. The zero-order valence-corrected chi connectivity index (χ0v) is 14.1. The third-order valence-electron chi connectivity index (χ3n) is 4.62. The van der Waals surface area contributed by atoms with Crippen molar-refractivity contribution in [3.63, 3.8) is 0 Å². The van der Waals surface area contributed by atoms with Crippen LogP contribution in [0, 0.1) is 6.92 Å². The molecule has 0 saturated heterocycles. The number of aliphatic hydroxyl groups is 1. The first-order valence-electron chi connectivity index (χ1n) is 8.53. The fourth-order valence-electron chi connectivity index (χ4n) is 3.22. The van der Waals surface area contributed by atoms with Crippen molar-refractivity contribution in [2.45, 2.75) is 38.3 Å². The van der Waals surface area contributed by atoms with Gasteiger partial charge in [-0.25, -0.2) is 15.0 Å². The molecule has 2 heterocycles. The quantitative estimate of drug-likeness (QED) is 0.750. The minimum atomic E-state index is -0.182. The minimum Gasteiger partial charge on any atom is -0.393 e. The molecule has 2 N–H and O–H groups in total. The summed E-state index contributed by atoms with van der Waals surface area (Å²) in [6.45, 7) is 2.57. The van der Waals surface area contributed by atoms with Crippen molar-refractivity contribution < 1.29 is 5.11 Å². The summed E-state index contributed by atoms with van der Waals surface area (Å²) in [5.41, 5.74) is 3.28. The van der Waals surface area contributed by atoms with Crippen LogP contribution in [-0.4, -0.2) is 30.7 Å². The third kappa shape index (κ3) is 3.39. The molecule has 1 saturated carbocycles. The van der Waals surface area contributed by atoms with E-state index in [1.807, 2.05) is 35.9 Å². The Morgan fingerprint density at radius 3 is 2.84 bits per heavy atom. The van der Waals surface area contributed by atoms with Gasteiger partial charge in [0.15, 0.2) is 0 Å². The van der Waals surface area contributed by atoms with Gasteiger partial charge < -0.3 is 15.0 Å². The molecule has 6 heteroatoms. The zero-order valence-electron chi connectivity index (χ0n) is 14.1. The first-order valence-corrected chi connectivity index (χ1v) is 8.53. The number of para-hydroxylation sites is 1. The molecule has 0 spiro atoms. The van der Waals surface area contributed by atoms with Crippen molar-refractivity contribution in [3.8, 4) is 5.69 Å². The molecule has 25 heavy (non-hydrogen) atoms. The Morgan fingerprint density at radius 1 is 1.24 bits per heavy atom. The Bertz CT molecular complexity index is 856. The zero-order chi connectivity index (χ0) is 17.2. The standard InChI is InChI=1S/C19H21N5O/c1-13-22-17(15-8-16(25)9-15)10-19(23-13)21-11-14-4-2-3-5-18(14)24-7-6-20-12-24/h2-7,10,12,15-16,25H,8-9,11H2,1H3,(H,21,22,23). The summed E-state index contributed by atoms with van der Waals surface area (Å²) >= 11 is 0. The number of benzene rings is 1. The summed E-state index contributed by atoms with van der Waals surface area (Å²) in [5.74, 6) is 1.92. The third-order valence-corrected chi connectivity index (χ3v) is 4.62. The Kier molecular flexibility index (Phi) is 4.19. The van der Waals surface area contributed by atoms with Gasteiger partial charge in [0, 0.05) is 36.6 Å². The molecule has 4 rings (SSSR count). The van der Waals surface area contributed by atoms with Crippen LogP contribution in [0.1, 0.15) is 35.8 Å². The molecular formula is C19H21N5O. The summed E-state index contributed by atoms with van der Waals surface area (Å²) in [4.78, 5) is 13.2. The van der Waals surface area contributed by atoms with Crippen molar-refractivity contribution in [1.29, 1.82) is 0 Å². The average molecular weight is 335 g/mol. The first-order chi connectivity index (χ1) is 12.2. The highest BCUT2D eigenvalue weighted by Crippen LogP contribution is 2.36. The highest BCUT2D eigenvalue weighted by Gasteiger charge is 2.30. The number of hydrogen-bond acceptors (Lipinski definition) is 5. The molecule has 1 aliphatic carbocycles. The van der Waals surface area contributed by atoms with E-state index in [-0.39, 0.29) is 6.10 Å². The van der Waals surface area contributed by atoms with Crippen LogP contribution in [0.25, 0.3) is 5.69 Å². The van der Waals surface area contributed by atoms with Gasteiger partial charge in [-0.05, 0) is 31.4 Å². The maximum atomic E-state index is 9.52. The Balaban J connectivity index is 1.52. The molecule has 0 bridgehead atoms. The largest absolute Gasteiger partial charge is 0.393 e. The van der Waals surface area contributed by atoms with Crippen molar-refractivity contribution in [2.24, 2.45) is 0 Å². The molecule has 0 unspecified atom stereocenters. The van der Waals surface area contributed by atoms with Crippen molar-refractivity contribution in [1.82, 2.24) is 19.5 Å². The van der Waals surface area contributed by atoms with Gasteiger partial charge in [0.2, 0.25) is 0 Å². The van der Waals surface area contributed by atoms with Gasteiger partial charge in [-0.3, -0.25) is 0 Å². The Hall–Kier alpha value is -2.73. The van der Waals surface area contributed by atoms with Crippen LogP contribution < -0.4 is 5.32 Å². The van der Waals surface area contributed by atoms with E-state index in [0.717, 1.165) is 41.4 Å². The minimum absolute atomic E-state index is 0.182. The van der Waals surface area contributed by atoms with Gasteiger partial charge in [0.05, 0.1) is 18.1 Å². The lowest BCUT2D eigenvalue weighted by molar-refractivity contribution is 0.0731. The van der Waals surface area contributed by atoms with Gasteiger partial charge >= 0.3 is 0 Å². The maximum Gasteiger partial charge on any atom is 0.130 e. The van der Waals surface area contributed by atoms with Crippen LogP contribution in [0.2, 0.25) is 0 Å². The number of anilines is 1. The topological polar surface area (TPSA) is 75.9 Å².